The molecule has 2 aromatic rings. The van der Waals surface area contributed by atoms with Gasteiger partial charge in [0, 0.05) is 12.1 Å². The van der Waals surface area contributed by atoms with Crippen LogP contribution in [0.4, 0.5) is 0 Å². The second-order valence-corrected chi connectivity index (χ2v) is 5.22. The van der Waals surface area contributed by atoms with Gasteiger partial charge in [-0.25, -0.2) is 0 Å². The molecule has 2 nitrogen and oxygen atoms in total. The Kier molecular flexibility index (Phi) is 4.94. The standard InChI is InChI=1S/C18H21NO/c1-14-6-3-8-16(12-14)9-5-11-19-18(20)17-10-4-7-15(2)13-17/h3-4,6-8,10,12-13H,5,9,11H2,1-2H3,(H,19,20). The van der Waals surface area contributed by atoms with Crippen molar-refractivity contribution in [1.29, 1.82) is 0 Å². The molecule has 2 aromatic carbocycles. The van der Waals surface area contributed by atoms with E-state index in [0.717, 1.165) is 24.0 Å². The van der Waals surface area contributed by atoms with Gasteiger partial charge in [0.15, 0.2) is 0 Å². The van der Waals surface area contributed by atoms with Crippen LogP contribution in [0.2, 0.25) is 0 Å². The van der Waals surface area contributed by atoms with Crippen molar-refractivity contribution in [3.63, 3.8) is 0 Å². The lowest BCUT2D eigenvalue weighted by molar-refractivity contribution is 0.0953. The largest absolute Gasteiger partial charge is 0.352 e. The Bertz CT molecular complexity index is 589. The number of hydrogen-bond donors (Lipinski definition) is 1. The highest BCUT2D eigenvalue weighted by atomic mass is 16.1. The Balaban J connectivity index is 1.77. The zero-order valence-electron chi connectivity index (χ0n) is 12.1. The van der Waals surface area contributed by atoms with Crippen LogP contribution < -0.4 is 5.32 Å². The van der Waals surface area contributed by atoms with Gasteiger partial charge >= 0.3 is 0 Å². The first-order chi connectivity index (χ1) is 9.65. The van der Waals surface area contributed by atoms with Gasteiger partial charge in [-0.1, -0.05) is 47.5 Å². The van der Waals surface area contributed by atoms with Gasteiger partial charge in [-0.05, 0) is 44.4 Å². The van der Waals surface area contributed by atoms with Crippen LogP contribution in [-0.4, -0.2) is 12.5 Å². The number of amides is 1. The number of nitrogens with one attached hydrogen (secondary N) is 1. The molecule has 1 N–H and O–H groups in total. The lowest BCUT2D eigenvalue weighted by Crippen LogP contribution is -2.24. The van der Waals surface area contributed by atoms with Crippen LogP contribution >= 0.6 is 0 Å². The second-order valence-electron chi connectivity index (χ2n) is 5.22. The van der Waals surface area contributed by atoms with Crippen molar-refractivity contribution in [3.05, 3.63) is 70.8 Å². The molecule has 0 fully saturated rings. The summed E-state index contributed by atoms with van der Waals surface area (Å²) in [5.41, 5.74) is 4.46. The minimum Gasteiger partial charge on any atom is -0.352 e. The van der Waals surface area contributed by atoms with Gasteiger partial charge in [-0.2, -0.15) is 0 Å². The van der Waals surface area contributed by atoms with E-state index in [9.17, 15) is 4.79 Å². The summed E-state index contributed by atoms with van der Waals surface area (Å²) in [6, 6.07) is 16.2. The SMILES string of the molecule is Cc1cccc(CCCNC(=O)c2cccc(C)c2)c1. The summed E-state index contributed by atoms with van der Waals surface area (Å²) in [4.78, 5) is 12.0. The summed E-state index contributed by atoms with van der Waals surface area (Å²) in [6.45, 7) is 4.80. The molecule has 0 aliphatic heterocycles. The summed E-state index contributed by atoms with van der Waals surface area (Å²) in [5.74, 6) is 0.0120. The van der Waals surface area contributed by atoms with Crippen molar-refractivity contribution in [2.45, 2.75) is 26.7 Å². The number of carbonyl (C=O) groups is 1. The minimum absolute atomic E-state index is 0.0120. The van der Waals surface area contributed by atoms with E-state index in [1.165, 1.54) is 11.1 Å². The second kappa shape index (κ2) is 6.90. The van der Waals surface area contributed by atoms with Crippen molar-refractivity contribution in [3.8, 4) is 0 Å². The molecule has 2 heteroatoms. The molecule has 1 amide bonds. The van der Waals surface area contributed by atoms with Crippen molar-refractivity contribution in [2.24, 2.45) is 0 Å². The smallest absolute Gasteiger partial charge is 0.251 e. The molecule has 104 valence electrons. The molecule has 0 unspecified atom stereocenters. The average molecular weight is 267 g/mol. The van der Waals surface area contributed by atoms with Crippen LogP contribution in [0.3, 0.4) is 0 Å². The fourth-order valence-corrected chi connectivity index (χ4v) is 2.25. The maximum Gasteiger partial charge on any atom is 0.251 e. The Morgan fingerprint density at radius 1 is 1.00 bits per heavy atom. The number of rotatable bonds is 5. The van der Waals surface area contributed by atoms with Crippen molar-refractivity contribution < 1.29 is 4.79 Å². The van der Waals surface area contributed by atoms with Crippen LogP contribution in [-0.2, 0) is 6.42 Å². The predicted molar refractivity (Wildman–Crippen MR) is 83.0 cm³/mol. The normalized spacial score (nSPS) is 10.3. The molecule has 0 aliphatic carbocycles. The summed E-state index contributed by atoms with van der Waals surface area (Å²) >= 11 is 0. The molecular formula is C18H21NO. The van der Waals surface area contributed by atoms with E-state index in [2.05, 4.69) is 36.5 Å². The highest BCUT2D eigenvalue weighted by Gasteiger charge is 2.04. The van der Waals surface area contributed by atoms with E-state index in [1.807, 2.05) is 31.2 Å². The van der Waals surface area contributed by atoms with Gasteiger partial charge in [0.25, 0.3) is 5.91 Å². The first-order valence-corrected chi connectivity index (χ1v) is 7.05. The number of carbonyl (C=O) groups excluding carboxylic acids is 1. The lowest BCUT2D eigenvalue weighted by atomic mass is 10.1. The van der Waals surface area contributed by atoms with Crippen LogP contribution in [0.1, 0.15) is 33.5 Å². The molecule has 0 radical (unpaired) electrons. The van der Waals surface area contributed by atoms with E-state index in [4.69, 9.17) is 0 Å². The maximum absolute atomic E-state index is 12.0. The first kappa shape index (κ1) is 14.3. The molecule has 0 saturated heterocycles. The first-order valence-electron chi connectivity index (χ1n) is 7.05. The summed E-state index contributed by atoms with van der Waals surface area (Å²) in [5, 5.41) is 2.97. The number of hydrogen-bond acceptors (Lipinski definition) is 1. The summed E-state index contributed by atoms with van der Waals surface area (Å²) < 4.78 is 0. The molecule has 0 atom stereocenters. The average Bonchev–Trinajstić information content (AvgIpc) is 2.43. The highest BCUT2D eigenvalue weighted by Crippen LogP contribution is 2.07. The Hall–Kier alpha value is -2.09. The van der Waals surface area contributed by atoms with E-state index in [-0.39, 0.29) is 5.91 Å². The van der Waals surface area contributed by atoms with Gasteiger partial charge in [-0.3, -0.25) is 4.79 Å². The third kappa shape index (κ3) is 4.23. The molecular weight excluding hydrogens is 246 g/mol. The van der Waals surface area contributed by atoms with Crippen LogP contribution in [0.15, 0.2) is 48.5 Å². The zero-order chi connectivity index (χ0) is 14.4. The van der Waals surface area contributed by atoms with Crippen LogP contribution in [0.5, 0.6) is 0 Å². The molecule has 0 spiro atoms. The van der Waals surface area contributed by atoms with Crippen molar-refractivity contribution in [1.82, 2.24) is 5.32 Å². The van der Waals surface area contributed by atoms with Crippen LogP contribution in [0.25, 0.3) is 0 Å². The number of aryl methyl sites for hydroxylation is 3. The molecule has 0 saturated carbocycles. The maximum atomic E-state index is 12.0. The van der Waals surface area contributed by atoms with Gasteiger partial charge in [-0.15, -0.1) is 0 Å². The van der Waals surface area contributed by atoms with Gasteiger partial charge in [0.2, 0.25) is 0 Å². The molecule has 0 aromatic heterocycles. The van der Waals surface area contributed by atoms with Gasteiger partial charge < -0.3 is 5.32 Å². The quantitative estimate of drug-likeness (QED) is 0.823. The third-order valence-corrected chi connectivity index (χ3v) is 3.29. The van der Waals surface area contributed by atoms with Crippen molar-refractivity contribution in [2.75, 3.05) is 6.54 Å². The minimum atomic E-state index is 0.0120. The third-order valence-electron chi connectivity index (χ3n) is 3.29. The van der Waals surface area contributed by atoms with Gasteiger partial charge in [0.05, 0.1) is 0 Å². The van der Waals surface area contributed by atoms with E-state index in [0.29, 0.717) is 6.54 Å². The molecule has 0 heterocycles. The molecule has 0 aliphatic rings. The summed E-state index contributed by atoms with van der Waals surface area (Å²) in [7, 11) is 0. The predicted octanol–water partition coefficient (Wildman–Crippen LogP) is 3.67. The fraction of sp³-hybridized carbons (Fsp3) is 0.278. The molecule has 0 bridgehead atoms. The van der Waals surface area contributed by atoms with E-state index in [1.54, 1.807) is 0 Å². The molecule has 20 heavy (non-hydrogen) atoms. The zero-order valence-corrected chi connectivity index (χ0v) is 12.1. The van der Waals surface area contributed by atoms with Crippen LogP contribution in [0, 0.1) is 13.8 Å². The Morgan fingerprint density at radius 3 is 2.40 bits per heavy atom. The monoisotopic (exact) mass is 267 g/mol. The Labute approximate surface area is 120 Å². The van der Waals surface area contributed by atoms with Gasteiger partial charge in [0.1, 0.15) is 0 Å². The fourth-order valence-electron chi connectivity index (χ4n) is 2.25. The van der Waals surface area contributed by atoms with E-state index >= 15 is 0 Å². The van der Waals surface area contributed by atoms with E-state index < -0.39 is 0 Å². The molecule has 2 rings (SSSR count). The summed E-state index contributed by atoms with van der Waals surface area (Å²) in [6.07, 6.45) is 1.96. The highest BCUT2D eigenvalue weighted by molar-refractivity contribution is 5.94. The Morgan fingerprint density at radius 2 is 1.70 bits per heavy atom. The lowest BCUT2D eigenvalue weighted by Gasteiger charge is -2.06. The van der Waals surface area contributed by atoms with Crippen molar-refractivity contribution >= 4 is 5.91 Å². The topological polar surface area (TPSA) is 29.1 Å². The number of benzene rings is 2.